The third kappa shape index (κ3) is 4.92. The van der Waals surface area contributed by atoms with Crippen LogP contribution in [0.3, 0.4) is 0 Å². The van der Waals surface area contributed by atoms with Gasteiger partial charge in [0.25, 0.3) is 0 Å². The van der Waals surface area contributed by atoms with Crippen LogP contribution in [0.2, 0.25) is 0 Å². The van der Waals surface area contributed by atoms with Crippen molar-refractivity contribution < 1.29 is 0 Å². The average Bonchev–Trinajstić information content (AvgIpc) is 3.76. The number of fused-ring (bicyclic) bond motifs is 9. The molecule has 2 heteroatoms. The average molecular weight is 797 g/mol. The first-order chi connectivity index (χ1) is 31.3. The summed E-state index contributed by atoms with van der Waals surface area (Å²) in [6.07, 6.45) is 0. The molecule has 0 spiro atoms. The maximum Gasteiger partial charge on any atom is 0.145 e. The summed E-state index contributed by atoms with van der Waals surface area (Å²) in [5.74, 6) is 0.918. The van der Waals surface area contributed by atoms with Crippen molar-refractivity contribution in [3.8, 4) is 39.3 Å². The Morgan fingerprint density at radius 2 is 0.810 bits per heavy atom. The second-order valence-electron chi connectivity index (χ2n) is 17.0. The Labute approximate surface area is 362 Å². The van der Waals surface area contributed by atoms with E-state index in [1.165, 1.54) is 103 Å². The molecule has 0 amide bonds. The zero-order chi connectivity index (χ0) is 41.2. The van der Waals surface area contributed by atoms with Gasteiger partial charge in [-0.3, -0.25) is 4.57 Å². The minimum atomic E-state index is 0.918. The van der Waals surface area contributed by atoms with Crippen LogP contribution in [0.5, 0.6) is 0 Å². The van der Waals surface area contributed by atoms with Gasteiger partial charge in [0.1, 0.15) is 5.82 Å². The molecule has 63 heavy (non-hydrogen) atoms. The van der Waals surface area contributed by atoms with E-state index in [9.17, 15) is 0 Å². The molecule has 0 aliphatic rings. The van der Waals surface area contributed by atoms with Gasteiger partial charge >= 0.3 is 0 Å². The summed E-state index contributed by atoms with van der Waals surface area (Å²) in [5.41, 5.74) is 9.20. The second kappa shape index (κ2) is 13.1. The predicted molar refractivity (Wildman–Crippen MR) is 269 cm³/mol. The highest BCUT2D eigenvalue weighted by Gasteiger charge is 2.23. The zero-order valence-electron chi connectivity index (χ0n) is 34.2. The summed E-state index contributed by atoms with van der Waals surface area (Å²) in [6.45, 7) is 0. The number of nitrogens with zero attached hydrogens (tertiary/aromatic N) is 2. The molecular formula is C61H36N2. The fraction of sp³-hybridized carbons (Fsp3) is 0. The lowest BCUT2D eigenvalue weighted by Gasteiger charge is -2.19. The Balaban J connectivity index is 1.04. The molecule has 0 saturated carbocycles. The van der Waals surface area contributed by atoms with E-state index >= 15 is 0 Å². The Hall–Kier alpha value is -8.33. The third-order valence-electron chi connectivity index (χ3n) is 13.7. The molecular weight excluding hydrogens is 761 g/mol. The molecule has 2 nitrogen and oxygen atoms in total. The van der Waals surface area contributed by atoms with Crippen LogP contribution in [0.4, 0.5) is 0 Å². The molecule has 14 aromatic rings. The predicted octanol–water partition coefficient (Wildman–Crippen LogP) is 16.7. The smallest absolute Gasteiger partial charge is 0.145 e. The summed E-state index contributed by atoms with van der Waals surface area (Å²) in [4.78, 5) is 5.68. The first-order valence-corrected chi connectivity index (χ1v) is 21.8. The highest BCUT2D eigenvalue weighted by Crippen LogP contribution is 2.45. The molecule has 0 aliphatic carbocycles. The standard InChI is InChI=1S/C61H36N2/c1-3-16-45-42(12-1)36-43-13-2-4-17-46(43)58(45)52-34-35-55(50-21-8-5-20-49(50)52)63-60-54-23-10-7-19-48(54)47-18-6-9-22-53(47)59(60)62-61(63)41-28-24-37(25-29-41)44-32-30-40-27-26-38-14-11-15-39-31-33-51(44)57(40)56(38)39/h1-36H. The molecule has 290 valence electrons. The van der Waals surface area contributed by atoms with Crippen LogP contribution in [-0.2, 0) is 0 Å². The molecule has 0 saturated heterocycles. The number of imidazole rings is 1. The Morgan fingerprint density at radius 1 is 0.302 bits per heavy atom. The molecule has 0 atom stereocenters. The lowest BCUT2D eigenvalue weighted by molar-refractivity contribution is 1.12. The molecule has 1 aromatic heterocycles. The van der Waals surface area contributed by atoms with E-state index in [0.29, 0.717) is 0 Å². The third-order valence-corrected chi connectivity index (χ3v) is 13.7. The van der Waals surface area contributed by atoms with Gasteiger partial charge in [-0.05, 0) is 104 Å². The fourth-order valence-corrected chi connectivity index (χ4v) is 10.9. The van der Waals surface area contributed by atoms with Crippen LogP contribution in [0.1, 0.15) is 0 Å². The highest BCUT2D eigenvalue weighted by molar-refractivity contribution is 6.27. The van der Waals surface area contributed by atoms with Gasteiger partial charge in [-0.2, -0.15) is 0 Å². The van der Waals surface area contributed by atoms with Gasteiger partial charge < -0.3 is 0 Å². The maximum atomic E-state index is 5.68. The van der Waals surface area contributed by atoms with Crippen LogP contribution in [-0.4, -0.2) is 9.55 Å². The van der Waals surface area contributed by atoms with Crippen molar-refractivity contribution in [1.82, 2.24) is 9.55 Å². The van der Waals surface area contributed by atoms with Crippen molar-refractivity contribution in [3.05, 3.63) is 218 Å². The van der Waals surface area contributed by atoms with Gasteiger partial charge in [0, 0.05) is 21.7 Å². The van der Waals surface area contributed by atoms with Crippen molar-refractivity contribution >= 4 is 97.2 Å². The Morgan fingerprint density at radius 3 is 1.52 bits per heavy atom. The topological polar surface area (TPSA) is 17.8 Å². The molecule has 0 N–H and O–H groups in total. The van der Waals surface area contributed by atoms with Crippen molar-refractivity contribution in [2.45, 2.75) is 0 Å². The maximum absolute atomic E-state index is 5.68. The number of hydrogen-bond acceptors (Lipinski definition) is 1. The van der Waals surface area contributed by atoms with Crippen LogP contribution >= 0.6 is 0 Å². The van der Waals surface area contributed by atoms with E-state index in [4.69, 9.17) is 4.98 Å². The fourth-order valence-electron chi connectivity index (χ4n) is 10.9. The Bertz CT molecular complexity index is 4120. The number of benzene rings is 13. The van der Waals surface area contributed by atoms with Gasteiger partial charge in [0.2, 0.25) is 0 Å². The largest absolute Gasteiger partial charge is 0.291 e. The van der Waals surface area contributed by atoms with Crippen molar-refractivity contribution in [1.29, 1.82) is 0 Å². The van der Waals surface area contributed by atoms with E-state index in [-0.39, 0.29) is 0 Å². The number of aromatic nitrogens is 2. The van der Waals surface area contributed by atoms with Crippen molar-refractivity contribution in [3.63, 3.8) is 0 Å². The quantitative estimate of drug-likeness (QED) is 0.128. The van der Waals surface area contributed by atoms with Gasteiger partial charge in [-0.15, -0.1) is 0 Å². The summed E-state index contributed by atoms with van der Waals surface area (Å²) < 4.78 is 2.45. The lowest BCUT2D eigenvalue weighted by Crippen LogP contribution is -2.00. The number of hydrogen-bond donors (Lipinski definition) is 0. The summed E-state index contributed by atoms with van der Waals surface area (Å²) in [5, 5.41) is 19.9. The van der Waals surface area contributed by atoms with Crippen LogP contribution in [0.15, 0.2) is 218 Å². The normalized spacial score (nSPS) is 12.1. The van der Waals surface area contributed by atoms with E-state index < -0.39 is 0 Å². The molecule has 13 aromatic carbocycles. The molecule has 0 unspecified atom stereocenters. The molecule has 1 heterocycles. The molecule has 0 radical (unpaired) electrons. The SMILES string of the molecule is c1ccc2c(-c3ccc(-n4c(-c5ccc(-c6ccc7ccc8cccc9ccc6c7c89)cc5)nc5c6ccccc6c6ccccc6c54)c4ccccc34)c3ccccc3cc2c1. The summed E-state index contributed by atoms with van der Waals surface area (Å²) >= 11 is 0. The van der Waals surface area contributed by atoms with Crippen molar-refractivity contribution in [2.24, 2.45) is 0 Å². The van der Waals surface area contributed by atoms with Gasteiger partial charge in [-0.1, -0.05) is 206 Å². The first kappa shape index (κ1) is 34.4. The second-order valence-corrected chi connectivity index (χ2v) is 17.0. The molecule has 0 bridgehead atoms. The van der Waals surface area contributed by atoms with Crippen molar-refractivity contribution in [2.75, 3.05) is 0 Å². The van der Waals surface area contributed by atoms with Crippen LogP contribution < -0.4 is 0 Å². The number of rotatable bonds is 4. The van der Waals surface area contributed by atoms with Crippen LogP contribution in [0.25, 0.3) is 137 Å². The minimum absolute atomic E-state index is 0.918. The van der Waals surface area contributed by atoms with Gasteiger partial charge in [0.15, 0.2) is 0 Å². The van der Waals surface area contributed by atoms with E-state index in [0.717, 1.165) is 33.5 Å². The molecule has 0 fully saturated rings. The van der Waals surface area contributed by atoms with E-state index in [2.05, 4.69) is 223 Å². The first-order valence-electron chi connectivity index (χ1n) is 21.8. The Kier molecular flexibility index (Phi) is 7.14. The lowest BCUT2D eigenvalue weighted by atomic mass is 9.89. The minimum Gasteiger partial charge on any atom is -0.291 e. The zero-order valence-corrected chi connectivity index (χ0v) is 34.2. The monoisotopic (exact) mass is 796 g/mol. The van der Waals surface area contributed by atoms with Gasteiger partial charge in [-0.25, -0.2) is 4.98 Å². The van der Waals surface area contributed by atoms with Crippen LogP contribution in [0, 0.1) is 0 Å². The molecule has 0 aliphatic heterocycles. The highest BCUT2D eigenvalue weighted by atomic mass is 15.1. The van der Waals surface area contributed by atoms with E-state index in [1.54, 1.807) is 0 Å². The molecule has 14 rings (SSSR count). The van der Waals surface area contributed by atoms with Gasteiger partial charge in [0.05, 0.1) is 16.7 Å². The summed E-state index contributed by atoms with van der Waals surface area (Å²) in [7, 11) is 0. The summed E-state index contributed by atoms with van der Waals surface area (Å²) in [6, 6.07) is 80.5. The van der Waals surface area contributed by atoms with E-state index in [1.807, 2.05) is 0 Å².